The molecule has 1 aromatic heterocycles. The molecule has 1 N–H and O–H groups in total. The molecule has 1 aromatic rings. The Balaban J connectivity index is 3.32. The Morgan fingerprint density at radius 2 is 2.27 bits per heavy atom. The number of aromatic nitrogens is 1. The lowest BCUT2D eigenvalue weighted by Gasteiger charge is -2.12. The smallest absolute Gasteiger partial charge is 0.267 e. The van der Waals surface area contributed by atoms with Gasteiger partial charge in [0, 0.05) is 0 Å². The molecule has 6 heteroatoms. The number of aliphatic hydroxyl groups excluding tert-OH is 1. The second-order valence-electron chi connectivity index (χ2n) is 2.78. The predicted molar refractivity (Wildman–Crippen MR) is 51.2 cm³/mol. The van der Waals surface area contributed by atoms with Crippen molar-refractivity contribution < 1.29 is 18.6 Å². The molecule has 0 saturated carbocycles. The van der Waals surface area contributed by atoms with Crippen molar-refractivity contribution in [3.8, 4) is 5.75 Å². The first kappa shape index (κ1) is 12.1. The molecule has 0 aliphatic rings. The summed E-state index contributed by atoms with van der Waals surface area (Å²) in [5.74, 6) is -0.0614. The van der Waals surface area contributed by atoms with Crippen LogP contribution < -0.4 is 4.74 Å². The average molecular weight is 238 g/mol. The van der Waals surface area contributed by atoms with Gasteiger partial charge in [0.2, 0.25) is 0 Å². The molecule has 0 amide bonds. The summed E-state index contributed by atoms with van der Waals surface area (Å²) in [7, 11) is 1.28. The maximum Gasteiger partial charge on any atom is 0.267 e. The molecule has 0 spiro atoms. The van der Waals surface area contributed by atoms with Crippen molar-refractivity contribution in [1.29, 1.82) is 0 Å². The molecule has 0 atom stereocenters. The minimum absolute atomic E-state index is 0.0165. The van der Waals surface area contributed by atoms with Crippen LogP contribution in [0.25, 0.3) is 0 Å². The molecule has 0 bridgehead atoms. The number of aliphatic hydroxyl groups is 1. The molecule has 1 heterocycles. The van der Waals surface area contributed by atoms with Crippen molar-refractivity contribution in [2.45, 2.75) is 18.9 Å². The number of alkyl halides is 3. The van der Waals surface area contributed by atoms with Crippen LogP contribution in [0.1, 0.15) is 23.4 Å². The molecule has 0 fully saturated rings. The fourth-order valence-corrected chi connectivity index (χ4v) is 1.42. The Morgan fingerprint density at radius 3 is 2.67 bits per heavy atom. The molecule has 0 aliphatic heterocycles. The van der Waals surface area contributed by atoms with E-state index in [9.17, 15) is 8.78 Å². The van der Waals surface area contributed by atoms with E-state index in [2.05, 4.69) is 4.98 Å². The molecule has 0 aliphatic carbocycles. The Hall–Kier alpha value is -0.940. The van der Waals surface area contributed by atoms with Crippen molar-refractivity contribution in [1.82, 2.24) is 4.98 Å². The van der Waals surface area contributed by atoms with Crippen LogP contribution in [0.5, 0.6) is 5.75 Å². The first-order valence-electron chi connectivity index (χ1n) is 4.15. The van der Waals surface area contributed by atoms with Gasteiger partial charge in [0.05, 0.1) is 36.5 Å². The number of hydrogen-bond acceptors (Lipinski definition) is 3. The van der Waals surface area contributed by atoms with E-state index in [0.29, 0.717) is 0 Å². The van der Waals surface area contributed by atoms with E-state index in [0.717, 1.165) is 6.07 Å². The van der Waals surface area contributed by atoms with Crippen LogP contribution in [-0.2, 0) is 12.5 Å². The topological polar surface area (TPSA) is 42.4 Å². The molecule has 15 heavy (non-hydrogen) atoms. The van der Waals surface area contributed by atoms with Gasteiger partial charge in [0.15, 0.2) is 5.75 Å². The molecule has 3 nitrogen and oxygen atoms in total. The number of methoxy groups -OCH3 is 1. The molecule has 0 unspecified atom stereocenters. The third-order valence-corrected chi connectivity index (χ3v) is 2.11. The molecule has 84 valence electrons. The summed E-state index contributed by atoms with van der Waals surface area (Å²) >= 11 is 5.55. The minimum atomic E-state index is -2.68. The number of rotatable bonds is 4. The Morgan fingerprint density at radius 1 is 1.60 bits per heavy atom. The van der Waals surface area contributed by atoms with E-state index >= 15 is 0 Å². The van der Waals surface area contributed by atoms with Crippen LogP contribution in [-0.4, -0.2) is 17.2 Å². The lowest BCUT2D eigenvalue weighted by Crippen LogP contribution is -2.03. The largest absolute Gasteiger partial charge is 0.494 e. The lowest BCUT2D eigenvalue weighted by molar-refractivity contribution is 0.146. The third-order valence-electron chi connectivity index (χ3n) is 1.85. The van der Waals surface area contributed by atoms with Gasteiger partial charge in [-0.3, -0.25) is 4.98 Å². The molecule has 1 rings (SSSR count). The van der Waals surface area contributed by atoms with Gasteiger partial charge in [-0.25, -0.2) is 8.78 Å². The fourth-order valence-electron chi connectivity index (χ4n) is 1.24. The monoisotopic (exact) mass is 237 g/mol. The van der Waals surface area contributed by atoms with Gasteiger partial charge in [0.1, 0.15) is 0 Å². The van der Waals surface area contributed by atoms with Crippen molar-refractivity contribution in [3.63, 3.8) is 0 Å². The first-order chi connectivity index (χ1) is 7.13. The van der Waals surface area contributed by atoms with Gasteiger partial charge in [-0.15, -0.1) is 11.6 Å². The number of hydrogen-bond donors (Lipinski definition) is 1. The Labute approximate surface area is 90.7 Å². The number of pyridine rings is 1. The number of ether oxygens (including phenoxy) is 1. The van der Waals surface area contributed by atoms with Gasteiger partial charge >= 0.3 is 0 Å². The zero-order valence-electron chi connectivity index (χ0n) is 8.01. The average Bonchev–Trinajstić information content (AvgIpc) is 2.26. The summed E-state index contributed by atoms with van der Waals surface area (Å²) in [4.78, 5) is 3.88. The van der Waals surface area contributed by atoms with Crippen LogP contribution in [0.4, 0.5) is 8.78 Å². The van der Waals surface area contributed by atoms with Crippen LogP contribution in [0.15, 0.2) is 6.07 Å². The zero-order valence-corrected chi connectivity index (χ0v) is 8.76. The van der Waals surface area contributed by atoms with Crippen molar-refractivity contribution in [2.24, 2.45) is 0 Å². The SMILES string of the molecule is COc1c(C(F)F)cc(CO)nc1CCl. The summed E-state index contributed by atoms with van der Waals surface area (Å²) in [5, 5.41) is 8.84. The van der Waals surface area contributed by atoms with Gasteiger partial charge in [-0.1, -0.05) is 0 Å². The summed E-state index contributed by atoms with van der Waals surface area (Å²) in [6.45, 7) is -0.409. The van der Waals surface area contributed by atoms with E-state index in [1.54, 1.807) is 0 Å². The number of halogens is 3. The van der Waals surface area contributed by atoms with E-state index in [1.165, 1.54) is 7.11 Å². The van der Waals surface area contributed by atoms with Crippen molar-refractivity contribution in [2.75, 3.05) is 7.11 Å². The highest BCUT2D eigenvalue weighted by atomic mass is 35.5. The highest BCUT2D eigenvalue weighted by Gasteiger charge is 2.19. The van der Waals surface area contributed by atoms with E-state index in [4.69, 9.17) is 21.4 Å². The predicted octanol–water partition coefficient (Wildman–Crippen LogP) is 2.26. The second-order valence-corrected chi connectivity index (χ2v) is 3.04. The quantitative estimate of drug-likeness (QED) is 0.817. The molecular formula is C9H10ClF2NO2. The van der Waals surface area contributed by atoms with Gasteiger partial charge in [0.25, 0.3) is 6.43 Å². The molecule has 0 aromatic carbocycles. The van der Waals surface area contributed by atoms with E-state index < -0.39 is 13.0 Å². The summed E-state index contributed by atoms with van der Waals surface area (Å²) in [6, 6.07) is 1.11. The molecule has 0 radical (unpaired) electrons. The van der Waals surface area contributed by atoms with Crippen LogP contribution >= 0.6 is 11.6 Å². The van der Waals surface area contributed by atoms with Gasteiger partial charge in [-0.05, 0) is 6.07 Å². The molecular weight excluding hydrogens is 228 g/mol. The second kappa shape index (κ2) is 5.23. The Bertz CT molecular complexity index is 347. The maximum absolute atomic E-state index is 12.6. The fraction of sp³-hybridized carbons (Fsp3) is 0.444. The van der Waals surface area contributed by atoms with Crippen molar-refractivity contribution in [3.05, 3.63) is 23.0 Å². The Kier molecular flexibility index (Phi) is 4.23. The van der Waals surface area contributed by atoms with Gasteiger partial charge < -0.3 is 9.84 Å². The third kappa shape index (κ3) is 2.54. The zero-order chi connectivity index (χ0) is 11.4. The highest BCUT2D eigenvalue weighted by molar-refractivity contribution is 6.17. The van der Waals surface area contributed by atoms with Crippen LogP contribution in [0.3, 0.4) is 0 Å². The summed E-state index contributed by atoms with van der Waals surface area (Å²) in [5.41, 5.74) is 0.0648. The molecule has 0 saturated heterocycles. The minimum Gasteiger partial charge on any atom is -0.494 e. The normalized spacial score (nSPS) is 10.8. The maximum atomic E-state index is 12.6. The summed E-state index contributed by atoms with van der Waals surface area (Å²) < 4.78 is 30.0. The lowest BCUT2D eigenvalue weighted by atomic mass is 10.1. The van der Waals surface area contributed by atoms with Crippen molar-refractivity contribution >= 4 is 11.6 Å². The highest BCUT2D eigenvalue weighted by Crippen LogP contribution is 2.32. The summed E-state index contributed by atoms with van der Waals surface area (Å²) in [6.07, 6.45) is -2.68. The van der Waals surface area contributed by atoms with Crippen LogP contribution in [0.2, 0.25) is 0 Å². The standard InChI is InChI=1S/C9H10ClF2NO2/c1-15-8-6(9(11)12)2-5(4-14)13-7(8)3-10/h2,9,14H,3-4H2,1H3. The first-order valence-corrected chi connectivity index (χ1v) is 4.69. The van der Waals surface area contributed by atoms with E-state index in [-0.39, 0.29) is 28.6 Å². The number of nitrogens with zero attached hydrogens (tertiary/aromatic N) is 1. The van der Waals surface area contributed by atoms with E-state index in [1.807, 2.05) is 0 Å². The van der Waals surface area contributed by atoms with Gasteiger partial charge in [-0.2, -0.15) is 0 Å². The van der Waals surface area contributed by atoms with Crippen LogP contribution in [0, 0.1) is 0 Å².